The fourth-order valence-corrected chi connectivity index (χ4v) is 2.05. The SMILES string of the molecule is Cc1noc(C)c1CN[C@@H]1C=C[C@H](CO)C1. The average Bonchev–Trinajstić information content (AvgIpc) is 2.85. The highest BCUT2D eigenvalue weighted by molar-refractivity contribution is 5.21. The molecule has 0 spiro atoms. The van der Waals surface area contributed by atoms with Gasteiger partial charge < -0.3 is 14.9 Å². The molecule has 0 radical (unpaired) electrons. The highest BCUT2D eigenvalue weighted by Gasteiger charge is 2.18. The molecule has 88 valence electrons. The van der Waals surface area contributed by atoms with Gasteiger partial charge in [0, 0.05) is 30.7 Å². The van der Waals surface area contributed by atoms with Gasteiger partial charge in [-0.15, -0.1) is 0 Å². The van der Waals surface area contributed by atoms with Gasteiger partial charge in [0.2, 0.25) is 0 Å². The lowest BCUT2D eigenvalue weighted by atomic mass is 10.1. The number of aromatic nitrogens is 1. The third kappa shape index (κ3) is 2.33. The van der Waals surface area contributed by atoms with E-state index in [0.29, 0.717) is 12.0 Å². The lowest BCUT2D eigenvalue weighted by Gasteiger charge is -2.12. The molecule has 4 heteroatoms. The van der Waals surface area contributed by atoms with Crippen LogP contribution in [-0.2, 0) is 6.54 Å². The van der Waals surface area contributed by atoms with Gasteiger partial charge in [-0.25, -0.2) is 0 Å². The van der Waals surface area contributed by atoms with E-state index in [4.69, 9.17) is 9.63 Å². The standard InChI is InChI=1S/C12H18N2O2/c1-8-12(9(2)16-14-8)6-13-11-4-3-10(5-11)7-15/h3-4,10-11,13,15H,5-7H2,1-2H3/t10-,11+/m0/s1. The van der Waals surface area contributed by atoms with E-state index in [2.05, 4.69) is 22.6 Å². The molecule has 4 nitrogen and oxygen atoms in total. The van der Waals surface area contributed by atoms with Crippen LogP contribution in [0.1, 0.15) is 23.4 Å². The molecule has 0 fully saturated rings. The number of aryl methyl sites for hydroxylation is 2. The monoisotopic (exact) mass is 222 g/mol. The number of hydrogen-bond acceptors (Lipinski definition) is 4. The third-order valence-corrected chi connectivity index (χ3v) is 3.13. The molecular formula is C12H18N2O2. The minimum absolute atomic E-state index is 0.236. The van der Waals surface area contributed by atoms with Crippen LogP contribution >= 0.6 is 0 Å². The second-order valence-corrected chi connectivity index (χ2v) is 4.35. The van der Waals surface area contributed by atoms with Crippen LogP contribution in [0.3, 0.4) is 0 Å². The molecule has 0 aromatic carbocycles. The van der Waals surface area contributed by atoms with Crippen molar-refractivity contribution in [2.24, 2.45) is 5.92 Å². The maximum Gasteiger partial charge on any atom is 0.138 e. The summed E-state index contributed by atoms with van der Waals surface area (Å²) in [6, 6.07) is 0.353. The first-order chi connectivity index (χ1) is 7.70. The van der Waals surface area contributed by atoms with E-state index in [1.165, 1.54) is 0 Å². The van der Waals surface area contributed by atoms with Gasteiger partial charge in [-0.2, -0.15) is 0 Å². The molecule has 2 rings (SSSR count). The van der Waals surface area contributed by atoms with E-state index in [9.17, 15) is 0 Å². The molecule has 1 aliphatic rings. The lowest BCUT2D eigenvalue weighted by Crippen LogP contribution is -2.26. The maximum atomic E-state index is 9.02. The molecule has 0 saturated carbocycles. The number of aliphatic hydroxyl groups is 1. The van der Waals surface area contributed by atoms with Crippen molar-refractivity contribution in [3.63, 3.8) is 0 Å². The molecule has 2 N–H and O–H groups in total. The van der Waals surface area contributed by atoms with E-state index in [-0.39, 0.29) is 6.61 Å². The van der Waals surface area contributed by atoms with E-state index in [1.54, 1.807) is 0 Å². The van der Waals surface area contributed by atoms with Crippen LogP contribution in [0.25, 0.3) is 0 Å². The largest absolute Gasteiger partial charge is 0.396 e. The van der Waals surface area contributed by atoms with Gasteiger partial charge >= 0.3 is 0 Å². The Bertz CT molecular complexity index is 365. The van der Waals surface area contributed by atoms with Crippen molar-refractivity contribution in [1.82, 2.24) is 10.5 Å². The van der Waals surface area contributed by atoms with Crippen LogP contribution in [0.4, 0.5) is 0 Å². The molecule has 1 aliphatic carbocycles. The van der Waals surface area contributed by atoms with Gasteiger partial charge in [-0.1, -0.05) is 17.3 Å². The Morgan fingerprint density at radius 2 is 2.31 bits per heavy atom. The fraction of sp³-hybridized carbons (Fsp3) is 0.583. The van der Waals surface area contributed by atoms with Crippen LogP contribution in [0.5, 0.6) is 0 Å². The number of hydrogen-bond donors (Lipinski definition) is 2. The zero-order valence-electron chi connectivity index (χ0n) is 9.73. The summed E-state index contributed by atoms with van der Waals surface area (Å²) < 4.78 is 5.10. The Morgan fingerprint density at radius 1 is 1.50 bits per heavy atom. The fourth-order valence-electron chi connectivity index (χ4n) is 2.05. The van der Waals surface area contributed by atoms with Gasteiger partial charge in [0.1, 0.15) is 5.76 Å². The summed E-state index contributed by atoms with van der Waals surface area (Å²) in [5.74, 6) is 1.19. The number of nitrogens with zero attached hydrogens (tertiary/aromatic N) is 1. The van der Waals surface area contributed by atoms with Gasteiger partial charge in [0.25, 0.3) is 0 Å². The van der Waals surface area contributed by atoms with Crippen molar-refractivity contribution in [2.45, 2.75) is 32.9 Å². The first kappa shape index (κ1) is 11.4. The second-order valence-electron chi connectivity index (χ2n) is 4.35. The first-order valence-electron chi connectivity index (χ1n) is 5.65. The van der Waals surface area contributed by atoms with Crippen LogP contribution in [0.15, 0.2) is 16.7 Å². The third-order valence-electron chi connectivity index (χ3n) is 3.13. The molecule has 1 heterocycles. The molecule has 0 amide bonds. The molecule has 0 unspecified atom stereocenters. The van der Waals surface area contributed by atoms with Crippen LogP contribution in [0.2, 0.25) is 0 Å². The molecular weight excluding hydrogens is 204 g/mol. The minimum atomic E-state index is 0.236. The number of aliphatic hydroxyl groups excluding tert-OH is 1. The molecule has 0 saturated heterocycles. The smallest absolute Gasteiger partial charge is 0.138 e. The van der Waals surface area contributed by atoms with Crippen molar-refractivity contribution in [1.29, 1.82) is 0 Å². The van der Waals surface area contributed by atoms with Crippen molar-refractivity contribution in [2.75, 3.05) is 6.61 Å². The minimum Gasteiger partial charge on any atom is -0.396 e. The summed E-state index contributed by atoms with van der Waals surface area (Å²) in [5, 5.41) is 16.4. The summed E-state index contributed by atoms with van der Waals surface area (Å²) in [7, 11) is 0. The van der Waals surface area contributed by atoms with E-state index >= 15 is 0 Å². The summed E-state index contributed by atoms with van der Waals surface area (Å²) in [4.78, 5) is 0. The molecule has 0 bridgehead atoms. The highest BCUT2D eigenvalue weighted by Crippen LogP contribution is 2.18. The van der Waals surface area contributed by atoms with Crippen molar-refractivity contribution in [3.05, 3.63) is 29.2 Å². The van der Waals surface area contributed by atoms with Gasteiger partial charge in [0.05, 0.1) is 5.69 Å². The maximum absolute atomic E-state index is 9.02. The summed E-state index contributed by atoms with van der Waals surface area (Å²) in [5.41, 5.74) is 2.09. The normalized spacial score (nSPS) is 24.2. The van der Waals surface area contributed by atoms with E-state index < -0.39 is 0 Å². The Labute approximate surface area is 95.3 Å². The quantitative estimate of drug-likeness (QED) is 0.754. The summed E-state index contributed by atoms with van der Waals surface area (Å²) in [6.07, 6.45) is 5.17. The first-order valence-corrected chi connectivity index (χ1v) is 5.65. The van der Waals surface area contributed by atoms with Crippen LogP contribution < -0.4 is 5.32 Å². The molecule has 0 aliphatic heterocycles. The van der Waals surface area contributed by atoms with Crippen molar-refractivity contribution < 1.29 is 9.63 Å². The Kier molecular flexibility index (Phi) is 3.41. The second kappa shape index (κ2) is 4.80. The predicted octanol–water partition coefficient (Wildman–Crippen LogP) is 1.32. The zero-order valence-corrected chi connectivity index (χ0v) is 9.73. The molecule has 1 aromatic rings. The van der Waals surface area contributed by atoms with Gasteiger partial charge in [0.15, 0.2) is 0 Å². The lowest BCUT2D eigenvalue weighted by molar-refractivity contribution is 0.246. The molecule has 2 atom stereocenters. The number of nitrogens with one attached hydrogen (secondary N) is 1. The van der Waals surface area contributed by atoms with E-state index in [1.807, 2.05) is 13.8 Å². The Balaban J connectivity index is 1.87. The van der Waals surface area contributed by atoms with Gasteiger partial charge in [-0.3, -0.25) is 0 Å². The van der Waals surface area contributed by atoms with Gasteiger partial charge in [-0.05, 0) is 20.3 Å². The predicted molar refractivity (Wildman–Crippen MR) is 60.9 cm³/mol. The molecule has 16 heavy (non-hydrogen) atoms. The molecule has 1 aromatic heterocycles. The van der Waals surface area contributed by atoms with E-state index in [0.717, 1.165) is 30.0 Å². The highest BCUT2D eigenvalue weighted by atomic mass is 16.5. The Morgan fingerprint density at radius 3 is 2.88 bits per heavy atom. The van der Waals surface area contributed by atoms with Crippen LogP contribution in [0, 0.1) is 19.8 Å². The van der Waals surface area contributed by atoms with Crippen molar-refractivity contribution >= 4 is 0 Å². The average molecular weight is 222 g/mol. The zero-order chi connectivity index (χ0) is 11.5. The topological polar surface area (TPSA) is 58.3 Å². The summed E-state index contributed by atoms with van der Waals surface area (Å²) >= 11 is 0. The van der Waals surface area contributed by atoms with Crippen LogP contribution in [-0.4, -0.2) is 22.9 Å². The van der Waals surface area contributed by atoms with Crippen molar-refractivity contribution in [3.8, 4) is 0 Å². The number of rotatable bonds is 4. The Hall–Kier alpha value is -1.13. The summed E-state index contributed by atoms with van der Waals surface area (Å²) in [6.45, 7) is 4.89.